The summed E-state index contributed by atoms with van der Waals surface area (Å²) in [5.74, 6) is 0. The van der Waals surface area contributed by atoms with E-state index in [1.165, 1.54) is 13.0 Å². The third kappa shape index (κ3) is 18.3. The lowest BCUT2D eigenvalue weighted by molar-refractivity contribution is 0.494. The molecule has 0 unspecified atom stereocenters. The summed E-state index contributed by atoms with van der Waals surface area (Å²) in [7, 11) is -3.85. The van der Waals surface area contributed by atoms with Crippen LogP contribution < -0.4 is 0 Å². The molecule has 0 aromatic carbocycles. The van der Waals surface area contributed by atoms with Crippen LogP contribution in [0.2, 0.25) is 0 Å². The Morgan fingerprint density at radius 1 is 1.33 bits per heavy atom. The van der Waals surface area contributed by atoms with Crippen LogP contribution in [0.4, 0.5) is 0 Å². The Kier molecular flexibility index (Phi) is 7.35. The van der Waals surface area contributed by atoms with Crippen LogP contribution in [0, 0.1) is 0 Å². The van der Waals surface area contributed by atoms with Crippen LogP contribution in [0.3, 0.4) is 0 Å². The van der Waals surface area contributed by atoms with Crippen LogP contribution in [0.15, 0.2) is 11.5 Å². The number of rotatable bonds is 1. The molecule has 0 bridgehead atoms. The molecule has 3 nitrogen and oxygen atoms in total. The maximum atomic E-state index is 9.70. The first-order valence-electron chi connectivity index (χ1n) is 2.66. The van der Waals surface area contributed by atoms with Gasteiger partial charge in [0.1, 0.15) is 0 Å². The van der Waals surface area contributed by atoms with Gasteiger partial charge in [-0.05, 0) is 6.92 Å². The highest BCUT2D eigenvalue weighted by Gasteiger charge is 1.90. The fourth-order valence-corrected chi connectivity index (χ4v) is 0.516. The molecule has 0 radical (unpaired) electrons. The van der Waals surface area contributed by atoms with Crippen LogP contribution in [0.5, 0.6) is 0 Å². The summed E-state index contributed by atoms with van der Waals surface area (Å²) < 4.78 is 27.3. The molecule has 9 heavy (non-hydrogen) atoms. The summed E-state index contributed by atoms with van der Waals surface area (Å²) in [6, 6.07) is 0. The summed E-state index contributed by atoms with van der Waals surface area (Å²) in [5, 5.41) is 0.715. The van der Waals surface area contributed by atoms with Gasteiger partial charge in [-0.25, -0.2) is 0 Å². The molecule has 0 fully saturated rings. The molecule has 0 amide bonds. The summed E-state index contributed by atoms with van der Waals surface area (Å²) >= 11 is 0. The van der Waals surface area contributed by atoms with Crippen LogP contribution in [0.25, 0.3) is 0 Å². The van der Waals surface area contributed by atoms with Crippen molar-refractivity contribution in [1.29, 1.82) is 0 Å². The first-order valence-corrected chi connectivity index (χ1v) is 4.17. The lowest BCUT2D eigenvalue weighted by atomic mass is 10.8. The number of hydrogen-bond donors (Lipinski definition) is 1. The minimum atomic E-state index is -3.85. The monoisotopic (exact) mass is 152 g/mol. The highest BCUT2D eigenvalue weighted by Crippen LogP contribution is 1.80. The van der Waals surface area contributed by atoms with Crippen LogP contribution in [0.1, 0.15) is 20.8 Å². The van der Waals surface area contributed by atoms with Crippen molar-refractivity contribution in [2.75, 3.05) is 0 Å². The summed E-state index contributed by atoms with van der Waals surface area (Å²) in [6.07, 6.45) is 1.25. The Bertz CT molecular complexity index is 155. The van der Waals surface area contributed by atoms with E-state index in [-0.39, 0.29) is 0 Å². The Hall–Kier alpha value is -0.350. The molecule has 0 aromatic rings. The van der Waals surface area contributed by atoms with Gasteiger partial charge in [0.05, 0.1) is 5.41 Å². The molecule has 0 atom stereocenters. The third-order valence-electron chi connectivity index (χ3n) is 0.308. The molecular formula is C5H12O3S. The van der Waals surface area contributed by atoms with Gasteiger partial charge in [0.15, 0.2) is 0 Å². The predicted molar refractivity (Wildman–Crippen MR) is 37.7 cm³/mol. The summed E-state index contributed by atoms with van der Waals surface area (Å²) in [4.78, 5) is 0. The molecule has 56 valence electrons. The molecule has 0 aliphatic carbocycles. The Morgan fingerprint density at radius 3 is 1.67 bits per heavy atom. The zero-order chi connectivity index (χ0) is 7.91. The second kappa shape index (κ2) is 5.78. The zero-order valence-electron chi connectivity index (χ0n) is 5.83. The van der Waals surface area contributed by atoms with Gasteiger partial charge in [0.25, 0.3) is 10.1 Å². The average molecular weight is 152 g/mol. The minimum absolute atomic E-state index is 0.715. The van der Waals surface area contributed by atoms with Gasteiger partial charge in [-0.3, -0.25) is 4.55 Å². The van der Waals surface area contributed by atoms with Crippen molar-refractivity contribution in [1.82, 2.24) is 0 Å². The maximum Gasteiger partial charge on any atom is 0.287 e. The number of hydrogen-bond acceptors (Lipinski definition) is 2. The fraction of sp³-hybridized carbons (Fsp3) is 0.600. The maximum absolute atomic E-state index is 9.70. The SMILES string of the molecule is C/C=C\S(=O)(=O)O.CC. The Labute approximate surface area is 56.1 Å². The van der Waals surface area contributed by atoms with E-state index in [2.05, 4.69) is 0 Å². The third-order valence-corrected chi connectivity index (χ3v) is 0.924. The molecule has 0 saturated carbocycles. The van der Waals surface area contributed by atoms with Gasteiger partial charge in [-0.2, -0.15) is 8.42 Å². The molecule has 0 saturated heterocycles. The van der Waals surface area contributed by atoms with E-state index in [1.54, 1.807) is 0 Å². The van der Waals surface area contributed by atoms with Crippen molar-refractivity contribution < 1.29 is 13.0 Å². The zero-order valence-corrected chi connectivity index (χ0v) is 6.64. The van der Waals surface area contributed by atoms with Gasteiger partial charge in [0.2, 0.25) is 0 Å². The van der Waals surface area contributed by atoms with Crippen molar-refractivity contribution in [3.8, 4) is 0 Å². The van der Waals surface area contributed by atoms with E-state index in [0.29, 0.717) is 5.41 Å². The fourth-order valence-electron chi connectivity index (χ4n) is 0.172. The predicted octanol–water partition coefficient (Wildman–Crippen LogP) is 1.43. The highest BCUT2D eigenvalue weighted by atomic mass is 32.2. The summed E-state index contributed by atoms with van der Waals surface area (Å²) in [6.45, 7) is 5.51. The Balaban J connectivity index is 0. The van der Waals surface area contributed by atoms with E-state index in [4.69, 9.17) is 4.55 Å². The van der Waals surface area contributed by atoms with E-state index in [1.807, 2.05) is 13.8 Å². The van der Waals surface area contributed by atoms with Crippen LogP contribution in [-0.4, -0.2) is 13.0 Å². The van der Waals surface area contributed by atoms with Gasteiger partial charge in [0, 0.05) is 0 Å². The molecule has 0 aliphatic rings. The number of allylic oxidation sites excluding steroid dienone is 1. The van der Waals surface area contributed by atoms with Gasteiger partial charge < -0.3 is 0 Å². The van der Waals surface area contributed by atoms with Gasteiger partial charge in [-0.15, -0.1) is 0 Å². The molecule has 0 rings (SSSR count). The molecule has 0 aromatic heterocycles. The lowest BCUT2D eigenvalue weighted by Gasteiger charge is -1.76. The standard InChI is InChI=1S/C3H6O3S.C2H6/c1-2-3-7(4,5)6;1-2/h2-3H,1H3,(H,4,5,6);1-2H3/b3-2-;. The molecule has 1 N–H and O–H groups in total. The normalized spacial score (nSPS) is 10.7. The molecule has 4 heteroatoms. The first kappa shape index (κ1) is 11.4. The molecule has 0 spiro atoms. The first-order chi connectivity index (χ1) is 4.06. The second-order valence-electron chi connectivity index (χ2n) is 0.984. The van der Waals surface area contributed by atoms with Crippen molar-refractivity contribution in [3.05, 3.63) is 11.5 Å². The average Bonchev–Trinajstić information content (AvgIpc) is 1.69. The minimum Gasteiger partial charge on any atom is -0.282 e. The van der Waals surface area contributed by atoms with E-state index < -0.39 is 10.1 Å². The Morgan fingerprint density at radius 2 is 1.67 bits per heavy atom. The van der Waals surface area contributed by atoms with Crippen molar-refractivity contribution in [2.45, 2.75) is 20.8 Å². The van der Waals surface area contributed by atoms with Gasteiger partial charge in [-0.1, -0.05) is 19.9 Å². The quantitative estimate of drug-likeness (QED) is 0.578. The van der Waals surface area contributed by atoms with Crippen LogP contribution >= 0.6 is 0 Å². The molecule has 0 heterocycles. The molecule has 0 aliphatic heterocycles. The van der Waals surface area contributed by atoms with Crippen molar-refractivity contribution in [3.63, 3.8) is 0 Å². The smallest absolute Gasteiger partial charge is 0.282 e. The van der Waals surface area contributed by atoms with Crippen LogP contribution in [-0.2, 0) is 10.1 Å². The van der Waals surface area contributed by atoms with Crippen molar-refractivity contribution in [2.24, 2.45) is 0 Å². The highest BCUT2D eigenvalue weighted by molar-refractivity contribution is 7.88. The largest absolute Gasteiger partial charge is 0.287 e. The van der Waals surface area contributed by atoms with E-state index in [0.717, 1.165) is 0 Å². The van der Waals surface area contributed by atoms with E-state index in [9.17, 15) is 8.42 Å². The molecular weight excluding hydrogens is 140 g/mol. The summed E-state index contributed by atoms with van der Waals surface area (Å²) in [5.41, 5.74) is 0. The lowest BCUT2D eigenvalue weighted by Crippen LogP contribution is -1.87. The second-order valence-corrected chi connectivity index (χ2v) is 2.29. The topological polar surface area (TPSA) is 54.4 Å². The van der Waals surface area contributed by atoms with Gasteiger partial charge >= 0.3 is 0 Å². The van der Waals surface area contributed by atoms with E-state index >= 15 is 0 Å². The van der Waals surface area contributed by atoms with Crippen molar-refractivity contribution >= 4 is 10.1 Å².